The smallest absolute Gasteiger partial charge is 0.420 e. The van der Waals surface area contributed by atoms with Gasteiger partial charge in [-0.3, -0.25) is 0 Å². The zero-order chi connectivity index (χ0) is 25.4. The number of aryl methyl sites for hydroxylation is 1. The number of alkyl halides is 3. The number of anilines is 2. The quantitative estimate of drug-likeness (QED) is 0.441. The molecule has 2 saturated carbocycles. The maximum Gasteiger partial charge on any atom is 0.573 e. The topological polar surface area (TPSA) is 77.3 Å². The predicted molar refractivity (Wildman–Crippen MR) is 129 cm³/mol. The Labute approximate surface area is 210 Å². The van der Waals surface area contributed by atoms with E-state index in [0.29, 0.717) is 29.1 Å². The third kappa shape index (κ3) is 3.68. The normalized spacial score (nSPS) is 28.5. The van der Waals surface area contributed by atoms with E-state index < -0.39 is 12.1 Å². The van der Waals surface area contributed by atoms with E-state index in [1.54, 1.807) is 22.3 Å². The molecule has 3 aliphatic rings. The molecule has 2 aromatic heterocycles. The van der Waals surface area contributed by atoms with E-state index in [9.17, 15) is 13.2 Å². The van der Waals surface area contributed by atoms with Gasteiger partial charge in [0, 0.05) is 30.5 Å². The molecule has 3 heterocycles. The lowest BCUT2D eigenvalue weighted by atomic mass is 9.71. The minimum atomic E-state index is -4.83. The minimum Gasteiger partial charge on any atom is -0.420 e. The molecule has 2 aliphatic carbocycles. The highest BCUT2D eigenvalue weighted by molar-refractivity contribution is 7.10. The van der Waals surface area contributed by atoms with Gasteiger partial charge in [0.2, 0.25) is 5.95 Å². The van der Waals surface area contributed by atoms with E-state index in [4.69, 9.17) is 4.74 Å². The average Bonchev–Trinajstić information content (AvgIpc) is 3.25. The second-order valence-electron chi connectivity index (χ2n) is 10.2. The van der Waals surface area contributed by atoms with Crippen LogP contribution in [0.15, 0.2) is 30.3 Å². The Morgan fingerprint density at radius 3 is 2.64 bits per heavy atom. The number of nitrogens with one attached hydrogen (secondary N) is 1. The molecule has 6 rings (SSSR count). The summed E-state index contributed by atoms with van der Waals surface area (Å²) in [5.74, 6) is 1.51. The summed E-state index contributed by atoms with van der Waals surface area (Å²) < 4.78 is 54.5. The number of aromatic nitrogens is 4. The van der Waals surface area contributed by atoms with Crippen molar-refractivity contribution in [3.05, 3.63) is 36.0 Å². The van der Waals surface area contributed by atoms with Crippen LogP contribution in [0.25, 0.3) is 0 Å². The van der Waals surface area contributed by atoms with E-state index >= 15 is 0 Å². The Morgan fingerprint density at radius 2 is 1.97 bits per heavy atom. The maximum absolute atomic E-state index is 12.8. The molecule has 8 nitrogen and oxygen atoms in total. The van der Waals surface area contributed by atoms with Gasteiger partial charge in [-0.05, 0) is 62.3 Å². The van der Waals surface area contributed by atoms with E-state index in [1.165, 1.54) is 23.2 Å². The van der Waals surface area contributed by atoms with Gasteiger partial charge in [-0.2, -0.15) is 9.36 Å². The van der Waals surface area contributed by atoms with Crippen LogP contribution in [0.3, 0.4) is 0 Å². The highest BCUT2D eigenvalue weighted by atomic mass is 32.1. The van der Waals surface area contributed by atoms with Crippen LogP contribution in [0.2, 0.25) is 0 Å². The summed E-state index contributed by atoms with van der Waals surface area (Å²) in [5.41, 5.74) is 1.36. The van der Waals surface area contributed by atoms with Crippen LogP contribution in [-0.4, -0.2) is 44.6 Å². The molecule has 1 aliphatic heterocycles. The molecule has 3 aromatic rings. The van der Waals surface area contributed by atoms with Crippen molar-refractivity contribution < 1.29 is 22.6 Å². The van der Waals surface area contributed by atoms with Crippen LogP contribution in [0, 0.1) is 30.1 Å². The maximum atomic E-state index is 12.8. The molecule has 0 radical (unpaired) electrons. The molecular formula is C24H27F3N6O2S. The van der Waals surface area contributed by atoms with Crippen LogP contribution in [0.4, 0.5) is 24.1 Å². The van der Waals surface area contributed by atoms with Crippen molar-refractivity contribution in [3.8, 4) is 17.5 Å². The average molecular weight is 521 g/mol. The third-order valence-corrected chi connectivity index (χ3v) is 8.82. The summed E-state index contributed by atoms with van der Waals surface area (Å²) in [6.07, 6.45) is -4.83. The van der Waals surface area contributed by atoms with Crippen molar-refractivity contribution in [1.82, 2.24) is 19.1 Å². The molecule has 0 amide bonds. The lowest BCUT2D eigenvalue weighted by molar-refractivity contribution is -0.275. The van der Waals surface area contributed by atoms with Crippen molar-refractivity contribution in [2.45, 2.75) is 46.1 Å². The first-order chi connectivity index (χ1) is 17.1. The Balaban J connectivity index is 1.21. The summed E-state index contributed by atoms with van der Waals surface area (Å²) in [6.45, 7) is 10.1. The van der Waals surface area contributed by atoms with Crippen LogP contribution in [-0.2, 0) is 0 Å². The van der Waals surface area contributed by atoms with E-state index in [0.717, 1.165) is 18.8 Å². The molecule has 36 heavy (non-hydrogen) atoms. The molecular weight excluding hydrogens is 493 g/mol. The van der Waals surface area contributed by atoms with E-state index in [2.05, 4.69) is 42.4 Å². The third-order valence-electron chi connectivity index (χ3n) is 7.88. The predicted octanol–water partition coefficient (Wildman–Crippen LogP) is 5.50. The van der Waals surface area contributed by atoms with E-state index in [1.807, 2.05) is 20.8 Å². The summed E-state index contributed by atoms with van der Waals surface area (Å²) in [4.78, 5) is 6.96. The minimum absolute atomic E-state index is 0.0829. The molecule has 1 aromatic carbocycles. The van der Waals surface area contributed by atoms with Crippen molar-refractivity contribution in [1.29, 1.82) is 0 Å². The zero-order valence-electron chi connectivity index (χ0n) is 20.3. The second kappa shape index (κ2) is 7.99. The number of halogens is 3. The van der Waals surface area contributed by atoms with Gasteiger partial charge in [0.1, 0.15) is 5.00 Å². The molecule has 0 bridgehead atoms. The summed E-state index contributed by atoms with van der Waals surface area (Å²) in [6, 6.07) is 8.01. The number of hydrogen-bond acceptors (Lipinski definition) is 8. The fourth-order valence-corrected chi connectivity index (χ4v) is 7.06. The highest BCUT2D eigenvalue weighted by Gasteiger charge is 2.81. The lowest BCUT2D eigenvalue weighted by Crippen LogP contribution is -2.47. The molecule has 12 heteroatoms. The van der Waals surface area contributed by atoms with Gasteiger partial charge in [-0.15, -0.1) is 18.3 Å². The lowest BCUT2D eigenvalue weighted by Gasteiger charge is -2.38. The van der Waals surface area contributed by atoms with Crippen molar-refractivity contribution in [2.75, 3.05) is 23.3 Å². The van der Waals surface area contributed by atoms with Gasteiger partial charge in [0.25, 0.3) is 0 Å². The summed E-state index contributed by atoms with van der Waals surface area (Å²) >= 11 is 1.55. The highest BCUT2D eigenvalue weighted by Crippen LogP contribution is 2.78. The summed E-state index contributed by atoms with van der Waals surface area (Å²) in [5, 5.41) is 9.33. The fourth-order valence-electron chi connectivity index (χ4n) is 6.30. The molecule has 1 saturated heterocycles. The Bertz CT molecular complexity index is 1290. The number of nitrogens with zero attached hydrogens (tertiary/aromatic N) is 5. The molecule has 192 valence electrons. The molecule has 3 fully saturated rings. The number of rotatable bonds is 7. The monoisotopic (exact) mass is 520 g/mol. The number of ether oxygens (including phenoxy) is 2. The van der Waals surface area contributed by atoms with Gasteiger partial charge in [-0.1, -0.05) is 19.1 Å². The van der Waals surface area contributed by atoms with Crippen molar-refractivity contribution in [2.24, 2.45) is 23.2 Å². The Hall–Kier alpha value is -3.02. The van der Waals surface area contributed by atoms with E-state index in [-0.39, 0.29) is 23.8 Å². The molecule has 2 unspecified atom stereocenters. The van der Waals surface area contributed by atoms with Crippen LogP contribution in [0.1, 0.15) is 32.5 Å². The zero-order valence-corrected chi connectivity index (χ0v) is 21.1. The first-order valence-electron chi connectivity index (χ1n) is 12.0. The molecule has 5 atom stereocenters. The number of benzene rings is 1. The number of hydrogen-bond donors (Lipinski definition) is 1. The van der Waals surface area contributed by atoms with Crippen molar-refractivity contribution in [3.63, 3.8) is 0 Å². The SMILES string of the molecule is Cc1cc(N2C[C@H]3[C@H](Nc4nc(Oc5ccccc5OC(F)(F)F)n(C(C)C)n4)C4[C@H](C)C43C2)sn1. The van der Waals surface area contributed by atoms with Crippen LogP contribution in [0.5, 0.6) is 17.5 Å². The molecule has 1 spiro atoms. The van der Waals surface area contributed by atoms with Gasteiger partial charge in [0.15, 0.2) is 11.5 Å². The Kier molecular flexibility index (Phi) is 5.19. The van der Waals surface area contributed by atoms with Crippen LogP contribution < -0.4 is 19.7 Å². The van der Waals surface area contributed by atoms with Crippen LogP contribution >= 0.6 is 11.5 Å². The Morgan fingerprint density at radius 1 is 1.22 bits per heavy atom. The van der Waals surface area contributed by atoms with Gasteiger partial charge >= 0.3 is 12.4 Å². The van der Waals surface area contributed by atoms with Gasteiger partial charge in [0.05, 0.1) is 11.7 Å². The summed E-state index contributed by atoms with van der Waals surface area (Å²) in [7, 11) is 0. The molecule has 1 N–H and O–H groups in total. The first kappa shape index (κ1) is 23.4. The van der Waals surface area contributed by atoms with Crippen molar-refractivity contribution >= 4 is 22.5 Å². The van der Waals surface area contributed by atoms with Gasteiger partial charge < -0.3 is 19.7 Å². The standard InChI is InChI=1S/C24H27F3N6O2S/c1-12(2)33-22(34-16-7-5-6-8-17(16)35-24(25,26)27)29-21(30-33)28-20-15-10-32(18-9-13(3)31-36-18)11-23(15)14(4)19(20)23/h5-9,12,14-15,19-20H,10-11H2,1-4H3,(H,28,30)/t14-,15-,19?,20-,23?/m0/s1. The largest absolute Gasteiger partial charge is 0.573 e. The fraction of sp³-hybridized carbons (Fsp3) is 0.542. The first-order valence-corrected chi connectivity index (χ1v) is 12.8. The second-order valence-corrected chi connectivity index (χ2v) is 11.0. The van der Waals surface area contributed by atoms with Gasteiger partial charge in [-0.25, -0.2) is 4.68 Å². The number of para-hydroxylation sites is 2.